The first kappa shape index (κ1) is 15.4. The summed E-state index contributed by atoms with van der Waals surface area (Å²) >= 11 is 7.28. The fourth-order valence-corrected chi connectivity index (χ4v) is 3.38. The second-order valence-electron chi connectivity index (χ2n) is 4.48. The Kier molecular flexibility index (Phi) is 5.11. The predicted molar refractivity (Wildman–Crippen MR) is 89.2 cm³/mol. The number of hydrogen-bond donors (Lipinski definition) is 0. The van der Waals surface area contributed by atoms with Crippen molar-refractivity contribution in [1.82, 2.24) is 0 Å². The summed E-state index contributed by atoms with van der Waals surface area (Å²) in [5.74, 6) is 1.54. The van der Waals surface area contributed by atoms with Gasteiger partial charge in [0.15, 0.2) is 0 Å². The lowest BCUT2D eigenvalue weighted by Gasteiger charge is -2.17. The largest absolute Gasteiger partial charge is 0.495 e. The molecule has 0 radical (unpaired) electrons. The van der Waals surface area contributed by atoms with Gasteiger partial charge in [0.25, 0.3) is 0 Å². The summed E-state index contributed by atoms with van der Waals surface area (Å²) in [4.78, 5) is 0.0697. The number of methoxy groups -OCH3 is 2. The van der Waals surface area contributed by atoms with Crippen molar-refractivity contribution in [2.75, 3.05) is 14.2 Å². The minimum absolute atomic E-state index is 0.0697. The van der Waals surface area contributed by atoms with Crippen LogP contribution in [0.1, 0.15) is 21.5 Å². The second-order valence-corrected chi connectivity index (χ2v) is 6.19. The maximum Gasteiger partial charge on any atom is 0.141 e. The SMILES string of the molecule is COc1ccc(C(Br)c2ccc(C)cc2)c(OC)c1Br. The Balaban J connectivity index is 2.46. The average molecular weight is 400 g/mol. The van der Waals surface area contributed by atoms with Gasteiger partial charge in [0.05, 0.1) is 19.0 Å². The Morgan fingerprint density at radius 1 is 0.950 bits per heavy atom. The summed E-state index contributed by atoms with van der Waals surface area (Å²) < 4.78 is 11.7. The minimum atomic E-state index is 0.0697. The highest BCUT2D eigenvalue weighted by molar-refractivity contribution is 9.10. The van der Waals surface area contributed by atoms with Crippen LogP contribution in [0.2, 0.25) is 0 Å². The van der Waals surface area contributed by atoms with E-state index in [1.165, 1.54) is 11.1 Å². The van der Waals surface area contributed by atoms with E-state index < -0.39 is 0 Å². The Morgan fingerprint density at radius 3 is 2.15 bits per heavy atom. The fraction of sp³-hybridized carbons (Fsp3) is 0.250. The maximum absolute atomic E-state index is 5.53. The van der Waals surface area contributed by atoms with Gasteiger partial charge in [-0.2, -0.15) is 0 Å². The van der Waals surface area contributed by atoms with E-state index in [0.717, 1.165) is 21.5 Å². The zero-order chi connectivity index (χ0) is 14.7. The predicted octanol–water partition coefficient (Wildman–Crippen LogP) is 5.26. The maximum atomic E-state index is 5.53. The molecule has 0 saturated carbocycles. The van der Waals surface area contributed by atoms with E-state index in [1.807, 2.05) is 12.1 Å². The van der Waals surface area contributed by atoms with Crippen molar-refractivity contribution in [2.24, 2.45) is 0 Å². The molecule has 0 amide bonds. The van der Waals surface area contributed by atoms with Gasteiger partial charge in [0.1, 0.15) is 16.0 Å². The van der Waals surface area contributed by atoms with Gasteiger partial charge < -0.3 is 9.47 Å². The number of aryl methyl sites for hydroxylation is 1. The molecule has 106 valence electrons. The normalized spacial score (nSPS) is 12.1. The van der Waals surface area contributed by atoms with E-state index in [2.05, 4.69) is 63.0 Å². The summed E-state index contributed by atoms with van der Waals surface area (Å²) in [6, 6.07) is 12.4. The molecule has 2 rings (SSSR count). The van der Waals surface area contributed by atoms with E-state index in [0.29, 0.717) is 0 Å². The summed E-state index contributed by atoms with van der Waals surface area (Å²) in [6.07, 6.45) is 0. The molecule has 0 bridgehead atoms. The molecule has 0 saturated heterocycles. The van der Waals surface area contributed by atoms with E-state index in [4.69, 9.17) is 9.47 Å². The van der Waals surface area contributed by atoms with Crippen molar-refractivity contribution < 1.29 is 9.47 Å². The van der Waals surface area contributed by atoms with Crippen LogP contribution >= 0.6 is 31.9 Å². The van der Waals surface area contributed by atoms with E-state index in [1.54, 1.807) is 14.2 Å². The van der Waals surface area contributed by atoms with Crippen LogP contribution in [0.3, 0.4) is 0 Å². The van der Waals surface area contributed by atoms with Crippen LogP contribution in [-0.2, 0) is 0 Å². The number of benzene rings is 2. The number of alkyl halides is 1. The Labute approximate surface area is 136 Å². The van der Waals surface area contributed by atoms with Crippen LogP contribution in [0.5, 0.6) is 11.5 Å². The number of rotatable bonds is 4. The van der Waals surface area contributed by atoms with Gasteiger partial charge in [-0.25, -0.2) is 0 Å². The molecule has 1 atom stereocenters. The molecule has 0 heterocycles. The molecule has 0 spiro atoms. The van der Waals surface area contributed by atoms with Crippen molar-refractivity contribution in [3.63, 3.8) is 0 Å². The summed E-state index contributed by atoms with van der Waals surface area (Å²) in [5, 5.41) is 0. The smallest absolute Gasteiger partial charge is 0.141 e. The highest BCUT2D eigenvalue weighted by atomic mass is 79.9. The number of ether oxygens (including phenoxy) is 2. The molecule has 0 aromatic heterocycles. The van der Waals surface area contributed by atoms with Crippen molar-refractivity contribution >= 4 is 31.9 Å². The molecule has 20 heavy (non-hydrogen) atoms. The molecule has 0 N–H and O–H groups in total. The zero-order valence-corrected chi connectivity index (χ0v) is 14.8. The van der Waals surface area contributed by atoms with Crippen LogP contribution in [0, 0.1) is 6.92 Å². The Morgan fingerprint density at radius 2 is 1.60 bits per heavy atom. The first-order valence-electron chi connectivity index (χ1n) is 6.19. The van der Waals surface area contributed by atoms with E-state index >= 15 is 0 Å². The third kappa shape index (κ3) is 3.01. The van der Waals surface area contributed by atoms with Gasteiger partial charge >= 0.3 is 0 Å². The second kappa shape index (κ2) is 6.64. The molecule has 0 aliphatic heterocycles. The highest BCUT2D eigenvalue weighted by Gasteiger charge is 2.19. The molecule has 0 aliphatic rings. The summed E-state index contributed by atoms with van der Waals surface area (Å²) in [5.41, 5.74) is 3.49. The van der Waals surface area contributed by atoms with E-state index in [9.17, 15) is 0 Å². The van der Waals surface area contributed by atoms with E-state index in [-0.39, 0.29) is 4.83 Å². The summed E-state index contributed by atoms with van der Waals surface area (Å²) in [7, 11) is 3.31. The first-order chi connectivity index (χ1) is 9.58. The van der Waals surface area contributed by atoms with Crippen LogP contribution < -0.4 is 9.47 Å². The van der Waals surface area contributed by atoms with Gasteiger partial charge in [0.2, 0.25) is 0 Å². The van der Waals surface area contributed by atoms with Gasteiger partial charge in [-0.15, -0.1) is 0 Å². The lowest BCUT2D eigenvalue weighted by Crippen LogP contribution is -1.99. The molecule has 2 nitrogen and oxygen atoms in total. The fourth-order valence-electron chi connectivity index (χ4n) is 2.03. The summed E-state index contributed by atoms with van der Waals surface area (Å²) in [6.45, 7) is 2.08. The monoisotopic (exact) mass is 398 g/mol. The van der Waals surface area contributed by atoms with Crippen molar-refractivity contribution in [1.29, 1.82) is 0 Å². The van der Waals surface area contributed by atoms with Crippen molar-refractivity contribution in [3.05, 3.63) is 57.6 Å². The molecule has 0 aliphatic carbocycles. The van der Waals surface area contributed by atoms with Crippen LogP contribution in [0.4, 0.5) is 0 Å². The minimum Gasteiger partial charge on any atom is -0.495 e. The van der Waals surface area contributed by atoms with Gasteiger partial charge in [0, 0.05) is 5.56 Å². The molecule has 2 aromatic carbocycles. The third-order valence-electron chi connectivity index (χ3n) is 3.16. The molecule has 0 fully saturated rings. The van der Waals surface area contributed by atoms with Gasteiger partial charge in [-0.1, -0.05) is 51.8 Å². The van der Waals surface area contributed by atoms with Crippen LogP contribution in [0.15, 0.2) is 40.9 Å². The number of halogens is 2. The van der Waals surface area contributed by atoms with Gasteiger partial charge in [-0.3, -0.25) is 0 Å². The third-order valence-corrected chi connectivity index (χ3v) is 4.93. The molecule has 1 unspecified atom stereocenters. The Bertz CT molecular complexity index is 594. The van der Waals surface area contributed by atoms with Crippen molar-refractivity contribution in [2.45, 2.75) is 11.8 Å². The standard InChI is InChI=1S/C16H16Br2O2/c1-10-4-6-11(7-5-10)14(17)12-8-9-13(19-2)15(18)16(12)20-3/h4-9,14H,1-3H3. The lowest BCUT2D eigenvalue weighted by atomic mass is 10.0. The first-order valence-corrected chi connectivity index (χ1v) is 7.90. The van der Waals surface area contributed by atoms with Crippen LogP contribution in [-0.4, -0.2) is 14.2 Å². The highest BCUT2D eigenvalue weighted by Crippen LogP contribution is 2.44. The zero-order valence-electron chi connectivity index (χ0n) is 11.6. The average Bonchev–Trinajstić information content (AvgIpc) is 2.47. The Hall–Kier alpha value is -1.00. The quantitative estimate of drug-likeness (QED) is 0.653. The lowest BCUT2D eigenvalue weighted by molar-refractivity contribution is 0.386. The molecule has 4 heteroatoms. The molecular formula is C16H16Br2O2. The van der Waals surface area contributed by atoms with Gasteiger partial charge in [-0.05, 0) is 34.5 Å². The number of hydrogen-bond acceptors (Lipinski definition) is 2. The molecular weight excluding hydrogens is 384 g/mol. The van der Waals surface area contributed by atoms with Crippen LogP contribution in [0.25, 0.3) is 0 Å². The topological polar surface area (TPSA) is 18.5 Å². The molecule has 2 aromatic rings. The van der Waals surface area contributed by atoms with Crippen molar-refractivity contribution in [3.8, 4) is 11.5 Å².